The topological polar surface area (TPSA) is 127 Å². The molecule has 2 aliphatic heterocycles. The number of rotatable bonds is 1. The lowest BCUT2D eigenvalue weighted by atomic mass is 10.1. The Labute approximate surface area is 99.0 Å². The minimum atomic E-state index is -4.05. The third-order valence-electron chi connectivity index (χ3n) is 2.93. The molecule has 1 saturated heterocycles. The van der Waals surface area contributed by atoms with Gasteiger partial charge in [-0.2, -0.15) is 0 Å². The highest BCUT2D eigenvalue weighted by atomic mass is 32.2. The van der Waals surface area contributed by atoms with Crippen LogP contribution in [-0.2, 0) is 19.9 Å². The smallest absolute Gasteiger partial charge is 0.255 e. The molecule has 96 valence electrons. The number of sulfonamides is 1. The summed E-state index contributed by atoms with van der Waals surface area (Å²) in [4.78, 5) is 3.63. The Morgan fingerprint density at radius 2 is 2.12 bits per heavy atom. The molecule has 3 atom stereocenters. The van der Waals surface area contributed by atoms with Gasteiger partial charge in [0.2, 0.25) is 0 Å². The van der Waals surface area contributed by atoms with Crippen molar-refractivity contribution < 1.29 is 21.9 Å². The number of primary sulfonamides is 1. The minimum Gasteiger partial charge on any atom is -0.387 e. The number of nitrogens with two attached hydrogens (primary N) is 1. The fraction of sp³-hybridized carbons (Fsp3) is 0.625. The number of fused-ring (bicyclic) bond motifs is 1. The van der Waals surface area contributed by atoms with Crippen LogP contribution in [0.5, 0.6) is 0 Å². The van der Waals surface area contributed by atoms with Crippen LogP contribution in [0.2, 0.25) is 0 Å². The zero-order valence-corrected chi connectivity index (χ0v) is 10.6. The fourth-order valence-corrected chi connectivity index (χ4v) is 4.41. The SMILES string of the molecule is CC1CC(O)C2=NC(S(N)(=O)=O)=CC2S1(=O)=O. The molecule has 2 heterocycles. The summed E-state index contributed by atoms with van der Waals surface area (Å²) < 4.78 is 46.1. The molecule has 0 spiro atoms. The predicted molar refractivity (Wildman–Crippen MR) is 61.4 cm³/mol. The van der Waals surface area contributed by atoms with Crippen LogP contribution in [0, 0.1) is 0 Å². The van der Waals surface area contributed by atoms with Gasteiger partial charge in [-0.25, -0.2) is 27.0 Å². The molecule has 2 rings (SSSR count). The Bertz CT molecular complexity index is 616. The Kier molecular flexibility index (Phi) is 2.69. The van der Waals surface area contributed by atoms with Gasteiger partial charge in [-0.3, -0.25) is 0 Å². The van der Waals surface area contributed by atoms with Gasteiger partial charge in [0.15, 0.2) is 14.9 Å². The third-order valence-corrected chi connectivity index (χ3v) is 6.14. The Balaban J connectivity index is 2.56. The summed E-state index contributed by atoms with van der Waals surface area (Å²) in [5, 5.41) is 12.2. The monoisotopic (exact) mass is 280 g/mol. The molecule has 17 heavy (non-hydrogen) atoms. The summed E-state index contributed by atoms with van der Waals surface area (Å²) in [5.74, 6) is 0. The maximum Gasteiger partial charge on any atom is 0.255 e. The van der Waals surface area contributed by atoms with E-state index in [1.807, 2.05) is 0 Å². The normalized spacial score (nSPS) is 36.1. The molecule has 0 radical (unpaired) electrons. The molecule has 0 bridgehead atoms. The van der Waals surface area contributed by atoms with Crippen LogP contribution in [0.3, 0.4) is 0 Å². The first-order valence-corrected chi connectivity index (χ1v) is 8.03. The molecule has 0 aromatic carbocycles. The Hall–Kier alpha value is -0.770. The molecule has 7 nitrogen and oxygen atoms in total. The van der Waals surface area contributed by atoms with Crippen LogP contribution in [0.1, 0.15) is 13.3 Å². The molecule has 3 N–H and O–H groups in total. The average Bonchev–Trinajstić information content (AvgIpc) is 2.59. The van der Waals surface area contributed by atoms with E-state index in [0.717, 1.165) is 6.08 Å². The lowest BCUT2D eigenvalue weighted by Gasteiger charge is -2.28. The van der Waals surface area contributed by atoms with E-state index in [1.165, 1.54) is 6.92 Å². The second-order valence-electron chi connectivity index (χ2n) is 4.16. The zero-order chi connectivity index (χ0) is 13.0. The van der Waals surface area contributed by atoms with Crippen molar-refractivity contribution in [3.8, 4) is 0 Å². The van der Waals surface area contributed by atoms with E-state index in [9.17, 15) is 21.9 Å². The van der Waals surface area contributed by atoms with Gasteiger partial charge in [-0.05, 0) is 19.4 Å². The molecule has 0 aromatic heterocycles. The molecule has 1 fully saturated rings. The van der Waals surface area contributed by atoms with E-state index in [2.05, 4.69) is 4.99 Å². The van der Waals surface area contributed by atoms with Gasteiger partial charge in [0.1, 0.15) is 5.25 Å². The third kappa shape index (κ3) is 1.92. The van der Waals surface area contributed by atoms with Gasteiger partial charge in [0, 0.05) is 0 Å². The number of hydrogen-bond acceptors (Lipinski definition) is 6. The summed E-state index contributed by atoms with van der Waals surface area (Å²) >= 11 is 0. The largest absolute Gasteiger partial charge is 0.387 e. The second kappa shape index (κ2) is 3.61. The summed E-state index contributed by atoms with van der Waals surface area (Å²) in [6.45, 7) is 1.47. The minimum absolute atomic E-state index is 0.0173. The van der Waals surface area contributed by atoms with Crippen LogP contribution < -0.4 is 5.14 Å². The van der Waals surface area contributed by atoms with Crippen LogP contribution in [-0.4, -0.2) is 44.3 Å². The fourth-order valence-electron chi connectivity index (χ4n) is 1.95. The van der Waals surface area contributed by atoms with Crippen LogP contribution in [0.25, 0.3) is 0 Å². The highest BCUT2D eigenvalue weighted by Crippen LogP contribution is 2.31. The number of nitrogens with zero attached hydrogens (tertiary/aromatic N) is 1. The van der Waals surface area contributed by atoms with Crippen molar-refractivity contribution in [3.05, 3.63) is 11.1 Å². The number of hydrogen-bond donors (Lipinski definition) is 2. The second-order valence-corrected chi connectivity index (χ2v) is 8.16. The highest BCUT2D eigenvalue weighted by molar-refractivity contribution is 7.94. The average molecular weight is 280 g/mol. The van der Waals surface area contributed by atoms with Gasteiger partial charge in [-0.15, -0.1) is 0 Å². The molecule has 0 amide bonds. The summed E-state index contributed by atoms with van der Waals surface area (Å²) in [6, 6.07) is 0. The van der Waals surface area contributed by atoms with Gasteiger partial charge in [-0.1, -0.05) is 0 Å². The lowest BCUT2D eigenvalue weighted by Crippen LogP contribution is -2.46. The van der Waals surface area contributed by atoms with E-state index in [1.54, 1.807) is 0 Å². The quantitative estimate of drug-likeness (QED) is 0.604. The number of aliphatic imine (C=N–C) groups is 1. The highest BCUT2D eigenvalue weighted by Gasteiger charge is 2.46. The lowest BCUT2D eigenvalue weighted by molar-refractivity contribution is 0.225. The van der Waals surface area contributed by atoms with E-state index >= 15 is 0 Å². The van der Waals surface area contributed by atoms with Crippen molar-refractivity contribution in [2.24, 2.45) is 10.1 Å². The number of aliphatic hydroxyl groups is 1. The maximum atomic E-state index is 11.9. The summed E-state index contributed by atoms with van der Waals surface area (Å²) in [7, 11) is -7.61. The Morgan fingerprint density at radius 1 is 1.53 bits per heavy atom. The first-order chi connectivity index (χ1) is 7.64. The van der Waals surface area contributed by atoms with Gasteiger partial charge < -0.3 is 5.11 Å². The molecular weight excluding hydrogens is 268 g/mol. The first kappa shape index (κ1) is 12.7. The maximum absolute atomic E-state index is 11.9. The molecule has 0 saturated carbocycles. The van der Waals surface area contributed by atoms with Crippen LogP contribution in [0.4, 0.5) is 0 Å². The Morgan fingerprint density at radius 3 is 2.65 bits per heavy atom. The van der Waals surface area contributed by atoms with Gasteiger partial charge in [0.05, 0.1) is 17.1 Å². The molecule has 3 unspecified atom stereocenters. The molecular formula is C8H12N2O5S2. The predicted octanol–water partition coefficient (Wildman–Crippen LogP) is -1.49. The van der Waals surface area contributed by atoms with Gasteiger partial charge >= 0.3 is 0 Å². The van der Waals surface area contributed by atoms with Crippen LogP contribution >= 0.6 is 0 Å². The molecule has 9 heteroatoms. The zero-order valence-electron chi connectivity index (χ0n) is 8.94. The van der Waals surface area contributed by atoms with Crippen molar-refractivity contribution >= 4 is 25.6 Å². The standard InChI is InChI=1S/C8H12N2O5S2/c1-4-2-5(11)8-6(16(4,12)13)3-7(10-8)17(9,14)15/h3-6,11H,2H2,1H3,(H2,9,14,15). The summed E-state index contributed by atoms with van der Waals surface area (Å²) in [5.41, 5.74) is -0.0490. The van der Waals surface area contributed by atoms with Crippen molar-refractivity contribution in [3.63, 3.8) is 0 Å². The molecule has 0 aromatic rings. The van der Waals surface area contributed by atoms with E-state index < -0.39 is 41.5 Å². The summed E-state index contributed by atoms with van der Waals surface area (Å²) in [6.07, 6.45) is -0.0449. The van der Waals surface area contributed by atoms with Crippen LogP contribution in [0.15, 0.2) is 16.1 Å². The van der Waals surface area contributed by atoms with Crippen molar-refractivity contribution in [2.45, 2.75) is 29.9 Å². The van der Waals surface area contributed by atoms with Gasteiger partial charge in [0.25, 0.3) is 10.0 Å². The van der Waals surface area contributed by atoms with E-state index in [0.29, 0.717) is 0 Å². The first-order valence-electron chi connectivity index (χ1n) is 4.88. The number of aliphatic hydroxyl groups excluding tert-OH is 1. The van der Waals surface area contributed by atoms with Crippen molar-refractivity contribution in [1.82, 2.24) is 0 Å². The van der Waals surface area contributed by atoms with E-state index in [4.69, 9.17) is 5.14 Å². The molecule has 2 aliphatic rings. The van der Waals surface area contributed by atoms with E-state index in [-0.39, 0.29) is 12.1 Å². The van der Waals surface area contributed by atoms with Crippen molar-refractivity contribution in [1.29, 1.82) is 0 Å². The molecule has 0 aliphatic carbocycles. The van der Waals surface area contributed by atoms with Crippen molar-refractivity contribution in [2.75, 3.05) is 0 Å². The number of sulfone groups is 1.